The Bertz CT molecular complexity index is 687. The molecule has 0 aromatic heterocycles. The van der Waals surface area contributed by atoms with Crippen molar-refractivity contribution in [3.8, 4) is 5.75 Å². The Morgan fingerprint density at radius 2 is 1.87 bits per heavy atom. The standard InChI is InChI=1S/C17H17Br2NO3/c1-11-9-14(17(21)22-2)16(15(19)10-11)20-7-8-23-13-5-3-12(18)4-6-13/h3-6,9-10,20H,7-8H2,1-2H3. The van der Waals surface area contributed by atoms with Crippen LogP contribution in [-0.2, 0) is 4.74 Å². The van der Waals surface area contributed by atoms with Crippen molar-refractivity contribution in [3.63, 3.8) is 0 Å². The van der Waals surface area contributed by atoms with Gasteiger partial charge in [-0.05, 0) is 64.8 Å². The Hall–Kier alpha value is -1.53. The molecular weight excluding hydrogens is 426 g/mol. The highest BCUT2D eigenvalue weighted by molar-refractivity contribution is 9.10. The maximum absolute atomic E-state index is 11.9. The molecule has 0 heterocycles. The minimum atomic E-state index is -0.370. The predicted molar refractivity (Wildman–Crippen MR) is 98.3 cm³/mol. The SMILES string of the molecule is COC(=O)c1cc(C)cc(Br)c1NCCOc1ccc(Br)cc1. The lowest BCUT2D eigenvalue weighted by Crippen LogP contribution is -2.15. The van der Waals surface area contributed by atoms with Crippen molar-refractivity contribution in [2.75, 3.05) is 25.6 Å². The van der Waals surface area contributed by atoms with Crippen LogP contribution in [0.15, 0.2) is 45.3 Å². The molecule has 0 amide bonds. The lowest BCUT2D eigenvalue weighted by molar-refractivity contribution is 0.0601. The van der Waals surface area contributed by atoms with Gasteiger partial charge in [-0.1, -0.05) is 15.9 Å². The number of halogens is 2. The van der Waals surface area contributed by atoms with Gasteiger partial charge in [-0.2, -0.15) is 0 Å². The van der Waals surface area contributed by atoms with Crippen LogP contribution < -0.4 is 10.1 Å². The number of rotatable bonds is 6. The van der Waals surface area contributed by atoms with E-state index in [4.69, 9.17) is 9.47 Å². The number of hydrogen-bond acceptors (Lipinski definition) is 4. The van der Waals surface area contributed by atoms with Crippen molar-refractivity contribution in [2.24, 2.45) is 0 Å². The van der Waals surface area contributed by atoms with Crippen LogP contribution in [0, 0.1) is 6.92 Å². The van der Waals surface area contributed by atoms with Gasteiger partial charge in [-0.3, -0.25) is 0 Å². The summed E-state index contributed by atoms with van der Waals surface area (Å²) in [7, 11) is 1.37. The Morgan fingerprint density at radius 1 is 1.17 bits per heavy atom. The first-order valence-electron chi connectivity index (χ1n) is 7.02. The van der Waals surface area contributed by atoms with Crippen LogP contribution in [0.1, 0.15) is 15.9 Å². The van der Waals surface area contributed by atoms with Gasteiger partial charge < -0.3 is 14.8 Å². The molecule has 23 heavy (non-hydrogen) atoms. The molecule has 0 radical (unpaired) electrons. The molecule has 0 saturated heterocycles. The number of anilines is 1. The quantitative estimate of drug-likeness (QED) is 0.515. The van der Waals surface area contributed by atoms with Crippen LogP contribution in [0.4, 0.5) is 5.69 Å². The fourth-order valence-corrected chi connectivity index (χ4v) is 3.05. The normalized spacial score (nSPS) is 10.3. The van der Waals surface area contributed by atoms with Gasteiger partial charge in [0.1, 0.15) is 12.4 Å². The van der Waals surface area contributed by atoms with Crippen LogP contribution in [0.5, 0.6) is 5.75 Å². The van der Waals surface area contributed by atoms with Crippen LogP contribution in [-0.4, -0.2) is 26.2 Å². The van der Waals surface area contributed by atoms with Gasteiger partial charge in [-0.15, -0.1) is 0 Å². The highest BCUT2D eigenvalue weighted by Gasteiger charge is 2.15. The topological polar surface area (TPSA) is 47.6 Å². The molecule has 122 valence electrons. The van der Waals surface area contributed by atoms with E-state index in [2.05, 4.69) is 37.2 Å². The summed E-state index contributed by atoms with van der Waals surface area (Å²) in [5.74, 6) is 0.428. The molecular formula is C17H17Br2NO3. The largest absolute Gasteiger partial charge is 0.492 e. The summed E-state index contributed by atoms with van der Waals surface area (Å²) in [6.45, 7) is 2.96. The van der Waals surface area contributed by atoms with E-state index >= 15 is 0 Å². The van der Waals surface area contributed by atoms with Crippen LogP contribution in [0.2, 0.25) is 0 Å². The van der Waals surface area contributed by atoms with E-state index in [1.165, 1.54) is 7.11 Å². The fourth-order valence-electron chi connectivity index (χ4n) is 2.07. The monoisotopic (exact) mass is 441 g/mol. The first kappa shape index (κ1) is 17.8. The zero-order valence-electron chi connectivity index (χ0n) is 12.9. The Kier molecular flexibility index (Phi) is 6.47. The zero-order chi connectivity index (χ0) is 16.8. The molecule has 2 rings (SSSR count). The summed E-state index contributed by atoms with van der Waals surface area (Å²) in [6, 6.07) is 11.4. The van der Waals surface area contributed by atoms with Gasteiger partial charge in [-0.25, -0.2) is 4.79 Å². The van der Waals surface area contributed by atoms with E-state index in [0.717, 1.165) is 20.3 Å². The lowest BCUT2D eigenvalue weighted by Gasteiger charge is -2.14. The van der Waals surface area contributed by atoms with Gasteiger partial charge in [0.25, 0.3) is 0 Å². The molecule has 0 aliphatic carbocycles. The van der Waals surface area contributed by atoms with E-state index in [1.54, 1.807) is 6.07 Å². The molecule has 2 aromatic carbocycles. The first-order chi connectivity index (χ1) is 11.0. The summed E-state index contributed by atoms with van der Waals surface area (Å²) in [4.78, 5) is 11.9. The maximum Gasteiger partial charge on any atom is 0.340 e. The minimum absolute atomic E-state index is 0.370. The van der Waals surface area contributed by atoms with Crippen molar-refractivity contribution in [1.82, 2.24) is 0 Å². The average molecular weight is 443 g/mol. The van der Waals surface area contributed by atoms with Crippen LogP contribution >= 0.6 is 31.9 Å². The zero-order valence-corrected chi connectivity index (χ0v) is 16.0. The number of methoxy groups -OCH3 is 1. The van der Waals surface area contributed by atoms with Crippen molar-refractivity contribution >= 4 is 43.5 Å². The summed E-state index contributed by atoms with van der Waals surface area (Å²) in [5, 5.41) is 3.22. The van der Waals surface area contributed by atoms with Crippen molar-refractivity contribution in [2.45, 2.75) is 6.92 Å². The number of hydrogen-bond donors (Lipinski definition) is 1. The third-order valence-corrected chi connectivity index (χ3v) is 4.28. The molecule has 0 aliphatic rings. The smallest absolute Gasteiger partial charge is 0.340 e. The molecule has 0 unspecified atom stereocenters. The van der Waals surface area contributed by atoms with Gasteiger partial charge in [0.2, 0.25) is 0 Å². The number of aryl methyl sites for hydroxylation is 1. The average Bonchev–Trinajstić information content (AvgIpc) is 2.53. The van der Waals surface area contributed by atoms with Crippen LogP contribution in [0.25, 0.3) is 0 Å². The third-order valence-electron chi connectivity index (χ3n) is 3.13. The summed E-state index contributed by atoms with van der Waals surface area (Å²) >= 11 is 6.87. The van der Waals surface area contributed by atoms with Crippen molar-refractivity contribution < 1.29 is 14.3 Å². The fraction of sp³-hybridized carbons (Fsp3) is 0.235. The number of ether oxygens (including phenoxy) is 2. The highest BCUT2D eigenvalue weighted by Crippen LogP contribution is 2.29. The van der Waals surface area contributed by atoms with E-state index < -0.39 is 0 Å². The molecule has 6 heteroatoms. The number of carbonyl (C=O) groups excluding carboxylic acids is 1. The molecule has 0 fully saturated rings. The lowest BCUT2D eigenvalue weighted by atomic mass is 10.1. The number of carbonyl (C=O) groups is 1. The Labute approximate surface area is 152 Å². The van der Waals surface area contributed by atoms with E-state index in [0.29, 0.717) is 24.4 Å². The minimum Gasteiger partial charge on any atom is -0.492 e. The second-order valence-corrected chi connectivity index (χ2v) is 6.66. The number of nitrogens with one attached hydrogen (secondary N) is 1. The van der Waals surface area contributed by atoms with Crippen molar-refractivity contribution in [3.05, 3.63) is 56.5 Å². The van der Waals surface area contributed by atoms with E-state index in [-0.39, 0.29) is 5.97 Å². The third kappa shape index (κ3) is 4.97. The molecule has 0 bridgehead atoms. The maximum atomic E-state index is 11.9. The summed E-state index contributed by atoms with van der Waals surface area (Å²) in [6.07, 6.45) is 0. The molecule has 0 saturated carbocycles. The van der Waals surface area contributed by atoms with Gasteiger partial charge >= 0.3 is 5.97 Å². The second-order valence-electron chi connectivity index (χ2n) is 4.89. The molecule has 4 nitrogen and oxygen atoms in total. The molecule has 0 aliphatic heterocycles. The van der Waals surface area contributed by atoms with E-state index in [9.17, 15) is 4.79 Å². The molecule has 2 aromatic rings. The van der Waals surface area contributed by atoms with Gasteiger partial charge in [0, 0.05) is 15.5 Å². The van der Waals surface area contributed by atoms with Crippen LogP contribution in [0.3, 0.4) is 0 Å². The predicted octanol–water partition coefficient (Wildman–Crippen LogP) is 4.80. The van der Waals surface area contributed by atoms with Gasteiger partial charge in [0.05, 0.1) is 18.4 Å². The molecule has 1 N–H and O–H groups in total. The number of benzene rings is 2. The molecule has 0 atom stereocenters. The van der Waals surface area contributed by atoms with Crippen molar-refractivity contribution in [1.29, 1.82) is 0 Å². The van der Waals surface area contributed by atoms with E-state index in [1.807, 2.05) is 37.3 Å². The Balaban J connectivity index is 1.99. The molecule has 0 spiro atoms. The first-order valence-corrected chi connectivity index (χ1v) is 8.60. The Morgan fingerprint density at radius 3 is 2.52 bits per heavy atom. The summed E-state index contributed by atoms with van der Waals surface area (Å²) < 4.78 is 12.3. The summed E-state index contributed by atoms with van der Waals surface area (Å²) in [5.41, 5.74) is 2.19. The highest BCUT2D eigenvalue weighted by atomic mass is 79.9. The second kappa shape index (κ2) is 8.36. The number of esters is 1. The van der Waals surface area contributed by atoms with Gasteiger partial charge in [0.15, 0.2) is 0 Å².